The van der Waals surface area contributed by atoms with Gasteiger partial charge in [0, 0.05) is 13.0 Å². The number of allylic oxidation sites excluding steroid dienone is 1. The summed E-state index contributed by atoms with van der Waals surface area (Å²) in [6, 6.07) is 0. The van der Waals surface area contributed by atoms with Gasteiger partial charge in [-0.25, -0.2) is 0 Å². The summed E-state index contributed by atoms with van der Waals surface area (Å²) in [5.74, 6) is 5.26. The van der Waals surface area contributed by atoms with E-state index in [4.69, 9.17) is 4.43 Å². The summed E-state index contributed by atoms with van der Waals surface area (Å²) < 4.78 is 6.50. The summed E-state index contributed by atoms with van der Waals surface area (Å²) in [5.41, 5.74) is 1.32. The molecule has 6 aliphatic carbocycles. The first kappa shape index (κ1) is 23.9. The van der Waals surface area contributed by atoms with Crippen LogP contribution in [0.4, 0.5) is 0 Å². The zero-order valence-corrected chi connectivity index (χ0v) is 23.7. The van der Waals surface area contributed by atoms with Crippen LogP contribution < -0.4 is 0 Å². The number of hydrogen-bond acceptors (Lipinski definition) is 3. The topological polar surface area (TPSA) is 46.5 Å². The third kappa shape index (κ3) is 3.03. The smallest absolute Gasteiger partial charge is 0.191 e. The molecule has 6 rings (SSSR count). The van der Waals surface area contributed by atoms with Gasteiger partial charge in [0.25, 0.3) is 0 Å². The first-order valence-corrected chi connectivity index (χ1v) is 17.3. The molecule has 5 fully saturated rings. The van der Waals surface area contributed by atoms with Gasteiger partial charge >= 0.3 is 0 Å². The number of ketones is 1. The lowest BCUT2D eigenvalue weighted by Gasteiger charge is -2.60. The van der Waals surface area contributed by atoms with Gasteiger partial charge in [-0.05, 0) is 121 Å². The van der Waals surface area contributed by atoms with Crippen molar-refractivity contribution in [2.45, 2.75) is 110 Å². The average molecular weight is 485 g/mol. The van der Waals surface area contributed by atoms with Gasteiger partial charge in [-0.15, -0.1) is 0 Å². The summed E-state index contributed by atoms with van der Waals surface area (Å²) in [4.78, 5) is 12.3. The van der Waals surface area contributed by atoms with E-state index < -0.39 is 13.9 Å². The molecule has 0 aromatic heterocycles. The molecule has 3 nitrogen and oxygen atoms in total. The number of aliphatic hydroxyl groups is 1. The zero-order chi connectivity index (χ0) is 24.5. The van der Waals surface area contributed by atoms with Crippen molar-refractivity contribution < 1.29 is 14.3 Å². The Kier molecular flexibility index (Phi) is 4.99. The van der Waals surface area contributed by atoms with Crippen molar-refractivity contribution in [1.82, 2.24) is 0 Å². The van der Waals surface area contributed by atoms with Gasteiger partial charge in [-0.2, -0.15) is 0 Å². The Balaban J connectivity index is 1.21. The highest BCUT2D eigenvalue weighted by atomic mass is 28.4. The Morgan fingerprint density at radius 3 is 2.56 bits per heavy atom. The van der Waals surface area contributed by atoms with Crippen LogP contribution in [0.25, 0.3) is 0 Å². The van der Waals surface area contributed by atoms with Crippen LogP contribution in [0.3, 0.4) is 0 Å². The van der Waals surface area contributed by atoms with Gasteiger partial charge in [0.05, 0.1) is 5.60 Å². The van der Waals surface area contributed by atoms with E-state index in [0.29, 0.717) is 23.5 Å². The predicted octanol–water partition coefficient (Wildman–Crippen LogP) is 6.76. The molecule has 1 N–H and O–H groups in total. The van der Waals surface area contributed by atoms with Crippen LogP contribution in [-0.2, 0) is 9.22 Å². The van der Waals surface area contributed by atoms with E-state index in [2.05, 4.69) is 53.8 Å². The molecular weight excluding hydrogens is 436 g/mol. The molecule has 0 aliphatic heterocycles. The normalized spacial score (nSPS) is 51.0. The molecule has 0 spiro atoms. The zero-order valence-electron chi connectivity index (χ0n) is 22.7. The second-order valence-electron chi connectivity index (χ2n) is 15.3. The molecule has 0 aromatic carbocycles. The SMILES string of the molecule is CC(C)(C)[Si](C)(C)OCCC[C@]1(O)[C@H]2C[C@H]2C2C3C(CC[C@@]21C)[C@@]1(C)CCC(=O)C=C1[C@@H]1C[C@H]31. The van der Waals surface area contributed by atoms with Crippen LogP contribution in [0.1, 0.15) is 86.0 Å². The maximum atomic E-state index is 12.4. The average Bonchev–Trinajstić information content (AvgIpc) is 3.64. The molecule has 0 radical (unpaired) electrons. The maximum absolute atomic E-state index is 12.4. The molecule has 0 saturated heterocycles. The third-order valence-electron chi connectivity index (χ3n) is 12.9. The van der Waals surface area contributed by atoms with Crippen LogP contribution in [0, 0.1) is 52.3 Å². The van der Waals surface area contributed by atoms with E-state index in [1.165, 1.54) is 31.3 Å². The summed E-state index contributed by atoms with van der Waals surface area (Å²) >= 11 is 0. The maximum Gasteiger partial charge on any atom is 0.191 e. The number of rotatable bonds is 5. The molecule has 190 valence electrons. The Morgan fingerprint density at radius 2 is 1.85 bits per heavy atom. The van der Waals surface area contributed by atoms with Gasteiger partial charge < -0.3 is 9.53 Å². The number of carbonyl (C=O) groups excluding carboxylic acids is 1. The molecule has 34 heavy (non-hydrogen) atoms. The van der Waals surface area contributed by atoms with E-state index in [1.54, 1.807) is 0 Å². The Labute approximate surface area is 208 Å². The van der Waals surface area contributed by atoms with Gasteiger partial charge in [-0.1, -0.05) is 40.2 Å². The molecule has 6 aliphatic rings. The lowest BCUT2D eigenvalue weighted by Crippen LogP contribution is -2.57. The molecule has 3 unspecified atom stereocenters. The van der Waals surface area contributed by atoms with Gasteiger partial charge in [0.1, 0.15) is 0 Å². The van der Waals surface area contributed by atoms with E-state index in [1.807, 2.05) is 0 Å². The van der Waals surface area contributed by atoms with Crippen molar-refractivity contribution in [3.63, 3.8) is 0 Å². The minimum absolute atomic E-state index is 0.0634. The Hall–Kier alpha value is -0.453. The van der Waals surface area contributed by atoms with Crippen molar-refractivity contribution in [1.29, 1.82) is 0 Å². The summed E-state index contributed by atoms with van der Waals surface area (Å²) in [6.07, 6.45) is 10.7. The van der Waals surface area contributed by atoms with Crippen LogP contribution in [-0.4, -0.2) is 31.4 Å². The van der Waals surface area contributed by atoms with Crippen LogP contribution in [0.2, 0.25) is 18.1 Å². The van der Waals surface area contributed by atoms with Crippen molar-refractivity contribution in [2.24, 2.45) is 52.3 Å². The number of hydrogen-bond donors (Lipinski definition) is 1. The lowest BCUT2D eigenvalue weighted by atomic mass is 9.45. The summed E-state index contributed by atoms with van der Waals surface area (Å²) in [5, 5.41) is 12.6. The van der Waals surface area contributed by atoms with E-state index >= 15 is 0 Å². The molecule has 0 amide bonds. The Morgan fingerprint density at radius 1 is 1.12 bits per heavy atom. The molecule has 0 heterocycles. The van der Waals surface area contributed by atoms with Crippen molar-refractivity contribution in [3.05, 3.63) is 11.6 Å². The number of fused-ring (bicyclic) bond motifs is 10. The highest BCUT2D eigenvalue weighted by Gasteiger charge is 2.78. The van der Waals surface area contributed by atoms with Crippen LogP contribution in [0.5, 0.6) is 0 Å². The molecular formula is C30H48O3Si. The summed E-state index contributed by atoms with van der Waals surface area (Å²) in [7, 11) is -1.73. The Bertz CT molecular complexity index is 932. The molecule has 0 aromatic rings. The minimum atomic E-state index is -1.73. The standard InChI is InChI=1S/C30H48O3Si/c1-27(2,3)34(6,7)33-14-8-11-30(32)24-17-21(24)26-25-20-16-19(20)23-15-18(31)9-12-28(23,4)22(25)10-13-29(26,30)5/h15,19-22,24-26,32H,8-14,16-17H2,1-7H3/t19-,20+,21-,22?,24+,25?,26?,28-,29+,30+/m1/s1. The highest BCUT2D eigenvalue weighted by Crippen LogP contribution is 2.81. The second-order valence-corrected chi connectivity index (χ2v) is 20.1. The molecule has 10 atom stereocenters. The van der Waals surface area contributed by atoms with E-state index in [-0.39, 0.29) is 15.9 Å². The van der Waals surface area contributed by atoms with Crippen LogP contribution in [0.15, 0.2) is 11.6 Å². The van der Waals surface area contributed by atoms with Crippen molar-refractivity contribution >= 4 is 14.1 Å². The van der Waals surface area contributed by atoms with Gasteiger partial charge in [-0.3, -0.25) is 4.79 Å². The lowest BCUT2D eigenvalue weighted by molar-refractivity contribution is -0.155. The number of carbonyl (C=O) groups is 1. The molecule has 5 saturated carbocycles. The third-order valence-corrected chi connectivity index (χ3v) is 17.4. The minimum Gasteiger partial charge on any atom is -0.417 e. The van der Waals surface area contributed by atoms with Crippen LogP contribution >= 0.6 is 0 Å². The van der Waals surface area contributed by atoms with Crippen molar-refractivity contribution in [2.75, 3.05) is 6.61 Å². The van der Waals surface area contributed by atoms with Gasteiger partial charge in [0.15, 0.2) is 14.1 Å². The van der Waals surface area contributed by atoms with E-state index in [9.17, 15) is 9.90 Å². The fourth-order valence-corrected chi connectivity index (χ4v) is 11.0. The molecule has 0 bridgehead atoms. The summed E-state index contributed by atoms with van der Waals surface area (Å²) in [6.45, 7) is 17.4. The monoisotopic (exact) mass is 484 g/mol. The quantitative estimate of drug-likeness (QED) is 0.346. The fraction of sp³-hybridized carbons (Fsp3) is 0.900. The highest BCUT2D eigenvalue weighted by molar-refractivity contribution is 6.74. The van der Waals surface area contributed by atoms with Gasteiger partial charge in [0.2, 0.25) is 0 Å². The molecule has 4 heteroatoms. The predicted molar refractivity (Wildman–Crippen MR) is 139 cm³/mol. The second kappa shape index (κ2) is 7.10. The van der Waals surface area contributed by atoms with E-state index in [0.717, 1.165) is 56.0 Å². The van der Waals surface area contributed by atoms with Crippen molar-refractivity contribution in [3.8, 4) is 0 Å². The largest absolute Gasteiger partial charge is 0.417 e. The fourth-order valence-electron chi connectivity index (χ4n) is 9.87. The first-order chi connectivity index (χ1) is 15.7. The first-order valence-electron chi connectivity index (χ1n) is 14.4.